The van der Waals surface area contributed by atoms with Crippen LogP contribution in [-0.2, 0) is 9.59 Å². The summed E-state index contributed by atoms with van der Waals surface area (Å²) in [6.45, 7) is 0.728. The number of Topliss-reactive ketones (excluding diaryl/α,β-unsaturated/α-hetero) is 2. The molecule has 0 saturated carbocycles. The summed E-state index contributed by atoms with van der Waals surface area (Å²) in [5, 5.41) is 0. The van der Waals surface area contributed by atoms with E-state index in [9.17, 15) is 18.8 Å². The Balaban J connectivity index is 2.06. The Hall–Kier alpha value is -2.86. The summed E-state index contributed by atoms with van der Waals surface area (Å²) in [7, 11) is 3.68. The van der Waals surface area contributed by atoms with E-state index >= 15 is 0 Å². The van der Waals surface area contributed by atoms with Crippen molar-refractivity contribution in [1.29, 1.82) is 0 Å². The first-order chi connectivity index (χ1) is 12.9. The van der Waals surface area contributed by atoms with Gasteiger partial charge in [0.25, 0.3) is 5.91 Å². The number of likely N-dealkylation sites (tertiary alicyclic amines) is 1. The Morgan fingerprint density at radius 2 is 1.67 bits per heavy atom. The molecule has 140 valence electrons. The normalized spacial score (nSPS) is 19.8. The number of carbonyl (C=O) groups is 3. The first-order valence-electron chi connectivity index (χ1n) is 8.75. The number of nitrogens with zero attached hydrogens (tertiary/aromatic N) is 2. The molecule has 2 unspecified atom stereocenters. The minimum atomic E-state index is -1.25. The van der Waals surface area contributed by atoms with Crippen molar-refractivity contribution in [2.75, 3.05) is 27.2 Å². The summed E-state index contributed by atoms with van der Waals surface area (Å²) in [4.78, 5) is 41.6. The molecule has 1 aliphatic rings. The predicted molar refractivity (Wildman–Crippen MR) is 98.7 cm³/mol. The summed E-state index contributed by atoms with van der Waals surface area (Å²) in [6.07, 6.45) is 0. The first kappa shape index (κ1) is 18.9. The second-order valence-electron chi connectivity index (χ2n) is 6.84. The van der Waals surface area contributed by atoms with Gasteiger partial charge in [-0.15, -0.1) is 0 Å². The molecule has 0 spiro atoms. The number of ketones is 2. The molecule has 0 aliphatic carbocycles. The highest BCUT2D eigenvalue weighted by molar-refractivity contribution is 6.44. The third-order valence-corrected chi connectivity index (χ3v) is 4.76. The summed E-state index contributed by atoms with van der Waals surface area (Å²) in [5.74, 6) is -3.77. The van der Waals surface area contributed by atoms with Gasteiger partial charge in [-0.1, -0.05) is 48.5 Å². The molecule has 1 saturated heterocycles. The van der Waals surface area contributed by atoms with Gasteiger partial charge in [0.1, 0.15) is 11.7 Å². The lowest BCUT2D eigenvalue weighted by atomic mass is 9.86. The van der Waals surface area contributed by atoms with Gasteiger partial charge in [0, 0.05) is 24.2 Å². The van der Waals surface area contributed by atoms with Crippen molar-refractivity contribution >= 4 is 17.5 Å². The number of benzene rings is 2. The van der Waals surface area contributed by atoms with Crippen LogP contribution in [0.1, 0.15) is 22.0 Å². The molecular formula is C21H21FN2O3. The van der Waals surface area contributed by atoms with Crippen LogP contribution in [0.15, 0.2) is 54.6 Å². The van der Waals surface area contributed by atoms with E-state index in [-0.39, 0.29) is 12.1 Å². The van der Waals surface area contributed by atoms with E-state index in [1.807, 2.05) is 19.0 Å². The van der Waals surface area contributed by atoms with Gasteiger partial charge in [-0.3, -0.25) is 14.4 Å². The van der Waals surface area contributed by atoms with Crippen LogP contribution in [0.25, 0.3) is 0 Å². The van der Waals surface area contributed by atoms with E-state index in [4.69, 9.17) is 0 Å². The minimum absolute atomic E-state index is 0.185. The zero-order chi connectivity index (χ0) is 19.6. The number of rotatable bonds is 6. The van der Waals surface area contributed by atoms with Crippen LogP contribution >= 0.6 is 0 Å². The van der Waals surface area contributed by atoms with Gasteiger partial charge in [0.15, 0.2) is 5.78 Å². The standard InChI is InChI=1S/C21H21FN2O3/c1-23(2)12-13-24-18(15-10-6-7-11-16(15)22)17(20(26)21(24)27)19(25)14-8-4-3-5-9-14/h3-11,17-18H,12-13H2,1-2H3. The van der Waals surface area contributed by atoms with Crippen LogP contribution < -0.4 is 0 Å². The Morgan fingerprint density at radius 3 is 2.30 bits per heavy atom. The molecule has 0 N–H and O–H groups in total. The molecule has 5 nitrogen and oxygen atoms in total. The number of amides is 1. The summed E-state index contributed by atoms with van der Waals surface area (Å²) in [5.41, 5.74) is 0.518. The monoisotopic (exact) mass is 368 g/mol. The van der Waals surface area contributed by atoms with E-state index in [0.29, 0.717) is 12.1 Å². The van der Waals surface area contributed by atoms with Crippen molar-refractivity contribution in [3.8, 4) is 0 Å². The molecule has 3 rings (SSSR count). The third kappa shape index (κ3) is 3.66. The minimum Gasteiger partial charge on any atom is -0.326 e. The molecule has 0 aromatic heterocycles. The van der Waals surface area contributed by atoms with Crippen molar-refractivity contribution in [1.82, 2.24) is 9.80 Å². The topological polar surface area (TPSA) is 57.7 Å². The number of hydrogen-bond acceptors (Lipinski definition) is 4. The highest BCUT2D eigenvalue weighted by atomic mass is 19.1. The molecular weight excluding hydrogens is 347 g/mol. The summed E-state index contributed by atoms with van der Waals surface area (Å²) in [6, 6.07) is 13.4. The van der Waals surface area contributed by atoms with Gasteiger partial charge < -0.3 is 9.80 Å². The van der Waals surface area contributed by atoms with E-state index in [2.05, 4.69) is 0 Å². The molecule has 2 aromatic rings. The first-order valence-corrected chi connectivity index (χ1v) is 8.75. The van der Waals surface area contributed by atoms with Gasteiger partial charge in [-0.05, 0) is 20.2 Å². The highest BCUT2D eigenvalue weighted by Gasteiger charge is 2.52. The van der Waals surface area contributed by atoms with Gasteiger partial charge in [0.05, 0.1) is 6.04 Å². The molecule has 1 fully saturated rings. The van der Waals surface area contributed by atoms with Crippen molar-refractivity contribution in [2.24, 2.45) is 5.92 Å². The van der Waals surface area contributed by atoms with Gasteiger partial charge >= 0.3 is 0 Å². The number of halogens is 1. The maximum absolute atomic E-state index is 14.5. The second-order valence-corrected chi connectivity index (χ2v) is 6.84. The predicted octanol–water partition coefficient (Wildman–Crippen LogP) is 2.34. The number of carbonyl (C=O) groups excluding carboxylic acids is 3. The zero-order valence-corrected chi connectivity index (χ0v) is 15.3. The van der Waals surface area contributed by atoms with Crippen LogP contribution in [0.2, 0.25) is 0 Å². The van der Waals surface area contributed by atoms with Crippen LogP contribution in [0.4, 0.5) is 4.39 Å². The quantitative estimate of drug-likeness (QED) is 0.446. The lowest BCUT2D eigenvalue weighted by Crippen LogP contribution is -2.36. The van der Waals surface area contributed by atoms with Crippen LogP contribution in [-0.4, -0.2) is 54.5 Å². The molecule has 1 amide bonds. The van der Waals surface area contributed by atoms with Gasteiger partial charge in [0.2, 0.25) is 5.78 Å². The lowest BCUT2D eigenvalue weighted by molar-refractivity contribution is -0.140. The molecule has 1 aliphatic heterocycles. The fraction of sp³-hybridized carbons (Fsp3) is 0.286. The number of hydrogen-bond donors (Lipinski definition) is 0. The fourth-order valence-corrected chi connectivity index (χ4v) is 3.38. The highest BCUT2D eigenvalue weighted by Crippen LogP contribution is 2.38. The Morgan fingerprint density at radius 1 is 1.04 bits per heavy atom. The van der Waals surface area contributed by atoms with Crippen molar-refractivity contribution in [3.63, 3.8) is 0 Å². The van der Waals surface area contributed by atoms with E-state index < -0.39 is 35.3 Å². The van der Waals surface area contributed by atoms with Crippen LogP contribution in [0.5, 0.6) is 0 Å². The molecule has 0 bridgehead atoms. The van der Waals surface area contributed by atoms with Crippen molar-refractivity contribution in [3.05, 3.63) is 71.5 Å². The summed E-state index contributed by atoms with van der Waals surface area (Å²) >= 11 is 0. The maximum Gasteiger partial charge on any atom is 0.291 e. The lowest BCUT2D eigenvalue weighted by Gasteiger charge is -2.28. The van der Waals surface area contributed by atoms with Crippen LogP contribution in [0, 0.1) is 11.7 Å². The van der Waals surface area contributed by atoms with E-state index in [1.54, 1.807) is 36.4 Å². The largest absolute Gasteiger partial charge is 0.326 e. The molecule has 2 atom stereocenters. The van der Waals surface area contributed by atoms with Gasteiger partial charge in [-0.25, -0.2) is 4.39 Å². The molecule has 6 heteroatoms. The Kier molecular flexibility index (Phi) is 5.46. The summed E-state index contributed by atoms with van der Waals surface area (Å²) < 4.78 is 14.5. The molecule has 2 aromatic carbocycles. The zero-order valence-electron chi connectivity index (χ0n) is 15.3. The number of likely N-dealkylation sites (N-methyl/N-ethyl adjacent to an activating group) is 1. The fourth-order valence-electron chi connectivity index (χ4n) is 3.38. The van der Waals surface area contributed by atoms with Crippen molar-refractivity contribution < 1.29 is 18.8 Å². The average Bonchev–Trinajstić information content (AvgIpc) is 2.91. The van der Waals surface area contributed by atoms with Crippen LogP contribution in [0.3, 0.4) is 0 Å². The SMILES string of the molecule is CN(C)CCN1C(=O)C(=O)C(C(=O)c2ccccc2)C1c1ccccc1F. The smallest absolute Gasteiger partial charge is 0.291 e. The second kappa shape index (κ2) is 7.80. The molecule has 1 heterocycles. The van der Waals surface area contributed by atoms with E-state index in [0.717, 1.165) is 0 Å². The van der Waals surface area contributed by atoms with Crippen molar-refractivity contribution in [2.45, 2.75) is 6.04 Å². The molecule has 0 radical (unpaired) electrons. The average molecular weight is 368 g/mol. The molecule has 27 heavy (non-hydrogen) atoms. The third-order valence-electron chi connectivity index (χ3n) is 4.76. The Labute approximate surface area is 157 Å². The van der Waals surface area contributed by atoms with Gasteiger partial charge in [-0.2, -0.15) is 0 Å². The maximum atomic E-state index is 14.5. The Bertz CT molecular complexity index is 867. The van der Waals surface area contributed by atoms with E-state index in [1.165, 1.54) is 23.1 Å².